The van der Waals surface area contributed by atoms with Crippen LogP contribution in [0.1, 0.15) is 23.3 Å². The molecule has 0 saturated carbocycles. The molecule has 0 aliphatic carbocycles. The lowest BCUT2D eigenvalue weighted by atomic mass is 9.97. The second kappa shape index (κ2) is 4.90. The van der Waals surface area contributed by atoms with Gasteiger partial charge in [0.15, 0.2) is 5.17 Å². The van der Waals surface area contributed by atoms with Crippen molar-refractivity contribution in [2.45, 2.75) is 12.1 Å². The van der Waals surface area contributed by atoms with Crippen molar-refractivity contribution in [3.63, 3.8) is 0 Å². The van der Waals surface area contributed by atoms with Crippen molar-refractivity contribution in [1.82, 2.24) is 14.9 Å². The molecule has 0 amide bonds. The SMILES string of the molecule is c1ccc([C@@H]2N=C3SCCN3[C@@H]2c2ccncc2)nc1. The van der Waals surface area contributed by atoms with E-state index in [4.69, 9.17) is 4.99 Å². The van der Waals surface area contributed by atoms with Gasteiger partial charge >= 0.3 is 0 Å². The maximum absolute atomic E-state index is 4.90. The topological polar surface area (TPSA) is 41.4 Å². The number of hydrogen-bond donors (Lipinski definition) is 0. The second-order valence-electron chi connectivity index (χ2n) is 4.88. The molecule has 2 aromatic rings. The molecular weight excluding hydrogens is 268 g/mol. The van der Waals surface area contributed by atoms with Crippen LogP contribution in [0.3, 0.4) is 0 Å². The highest BCUT2D eigenvalue weighted by Gasteiger charge is 2.41. The van der Waals surface area contributed by atoms with Gasteiger partial charge in [0.25, 0.3) is 0 Å². The van der Waals surface area contributed by atoms with Gasteiger partial charge in [-0.1, -0.05) is 17.8 Å². The maximum atomic E-state index is 4.90. The molecule has 1 saturated heterocycles. The maximum Gasteiger partial charge on any atom is 0.160 e. The Morgan fingerprint density at radius 1 is 1.10 bits per heavy atom. The minimum atomic E-state index is 0.0846. The number of amidine groups is 1. The minimum Gasteiger partial charge on any atom is -0.341 e. The highest BCUT2D eigenvalue weighted by Crippen LogP contribution is 2.45. The van der Waals surface area contributed by atoms with E-state index in [0.717, 1.165) is 23.2 Å². The smallest absolute Gasteiger partial charge is 0.160 e. The molecule has 0 unspecified atom stereocenters. The third-order valence-corrected chi connectivity index (χ3v) is 4.72. The van der Waals surface area contributed by atoms with Gasteiger partial charge in [-0.05, 0) is 29.8 Å². The van der Waals surface area contributed by atoms with Gasteiger partial charge in [-0.2, -0.15) is 0 Å². The van der Waals surface area contributed by atoms with E-state index in [1.54, 1.807) is 0 Å². The van der Waals surface area contributed by atoms with E-state index < -0.39 is 0 Å². The predicted molar refractivity (Wildman–Crippen MR) is 80.6 cm³/mol. The third kappa shape index (κ3) is 1.89. The van der Waals surface area contributed by atoms with Crippen LogP contribution in [0.15, 0.2) is 53.9 Å². The van der Waals surface area contributed by atoms with E-state index in [1.165, 1.54) is 5.56 Å². The van der Waals surface area contributed by atoms with E-state index in [1.807, 2.05) is 42.5 Å². The van der Waals surface area contributed by atoms with Gasteiger partial charge in [0.2, 0.25) is 0 Å². The summed E-state index contributed by atoms with van der Waals surface area (Å²) in [7, 11) is 0. The molecular formula is C15H14N4S. The zero-order valence-electron chi connectivity index (χ0n) is 10.9. The van der Waals surface area contributed by atoms with E-state index in [2.05, 4.69) is 33.1 Å². The Balaban J connectivity index is 1.78. The van der Waals surface area contributed by atoms with Crippen LogP contribution in [0.2, 0.25) is 0 Å². The normalized spacial score (nSPS) is 24.6. The van der Waals surface area contributed by atoms with Gasteiger partial charge in [-0.15, -0.1) is 0 Å². The third-order valence-electron chi connectivity index (χ3n) is 3.73. The van der Waals surface area contributed by atoms with Gasteiger partial charge in [-0.25, -0.2) is 0 Å². The number of hydrogen-bond acceptors (Lipinski definition) is 5. The average Bonchev–Trinajstić information content (AvgIpc) is 3.09. The summed E-state index contributed by atoms with van der Waals surface area (Å²) in [5, 5.41) is 1.16. The zero-order chi connectivity index (χ0) is 13.4. The summed E-state index contributed by atoms with van der Waals surface area (Å²) in [6, 6.07) is 10.5. The molecule has 0 radical (unpaired) electrons. The van der Waals surface area contributed by atoms with Crippen molar-refractivity contribution in [2.24, 2.45) is 4.99 Å². The lowest BCUT2D eigenvalue weighted by molar-refractivity contribution is 0.332. The number of aromatic nitrogens is 2. The molecule has 1 fully saturated rings. The van der Waals surface area contributed by atoms with Crippen LogP contribution in [0, 0.1) is 0 Å². The highest BCUT2D eigenvalue weighted by molar-refractivity contribution is 8.14. The van der Waals surface area contributed by atoms with Gasteiger partial charge in [0.1, 0.15) is 6.04 Å². The minimum absolute atomic E-state index is 0.0846. The zero-order valence-corrected chi connectivity index (χ0v) is 11.7. The molecule has 2 aliphatic heterocycles. The van der Waals surface area contributed by atoms with Gasteiger partial charge in [0.05, 0.1) is 11.7 Å². The molecule has 0 spiro atoms. The summed E-state index contributed by atoms with van der Waals surface area (Å²) in [5.41, 5.74) is 2.30. The van der Waals surface area contributed by atoms with Crippen molar-refractivity contribution >= 4 is 16.9 Å². The van der Waals surface area contributed by atoms with Crippen molar-refractivity contribution in [1.29, 1.82) is 0 Å². The molecule has 0 bridgehead atoms. The summed E-state index contributed by atoms with van der Waals surface area (Å²) < 4.78 is 0. The van der Waals surface area contributed by atoms with E-state index >= 15 is 0 Å². The van der Waals surface area contributed by atoms with E-state index in [0.29, 0.717) is 0 Å². The standard InChI is InChI=1S/C15H14N4S/c1-2-6-17-12(3-1)13-14(11-4-7-16-8-5-11)19-9-10-20-15(19)18-13/h1-8,13-14H,9-10H2/t13-,14+/m0/s1. The Hall–Kier alpha value is -1.88. The van der Waals surface area contributed by atoms with E-state index in [-0.39, 0.29) is 12.1 Å². The number of thioether (sulfide) groups is 1. The number of aliphatic imine (C=N–C) groups is 1. The molecule has 0 aromatic carbocycles. The largest absolute Gasteiger partial charge is 0.341 e. The monoisotopic (exact) mass is 282 g/mol. The van der Waals surface area contributed by atoms with Gasteiger partial charge < -0.3 is 4.90 Å². The summed E-state index contributed by atoms with van der Waals surface area (Å²) >= 11 is 1.84. The second-order valence-corrected chi connectivity index (χ2v) is 5.94. The fourth-order valence-corrected chi connectivity index (χ4v) is 3.87. The van der Waals surface area contributed by atoms with Crippen LogP contribution in [0.25, 0.3) is 0 Å². The van der Waals surface area contributed by atoms with Gasteiger partial charge in [-0.3, -0.25) is 15.0 Å². The van der Waals surface area contributed by atoms with Gasteiger partial charge in [0, 0.05) is 30.9 Å². The Labute approximate surface area is 122 Å². The summed E-state index contributed by atoms with van der Waals surface area (Å²) in [4.78, 5) is 15.9. The predicted octanol–water partition coefficient (Wildman–Crippen LogP) is 2.68. The molecule has 2 aromatic heterocycles. The van der Waals surface area contributed by atoms with Crippen molar-refractivity contribution < 1.29 is 0 Å². The number of fused-ring (bicyclic) bond motifs is 1. The van der Waals surface area contributed by atoms with Crippen LogP contribution in [-0.4, -0.2) is 32.3 Å². The first-order valence-corrected chi connectivity index (χ1v) is 7.70. The molecule has 2 aliphatic rings. The lowest BCUT2D eigenvalue weighted by Gasteiger charge is -2.26. The van der Waals surface area contributed by atoms with Crippen LogP contribution in [0.5, 0.6) is 0 Å². The number of pyridine rings is 2. The summed E-state index contributed by atoms with van der Waals surface area (Å²) in [5.74, 6) is 1.12. The molecule has 2 atom stereocenters. The Bertz CT molecular complexity index is 629. The first-order valence-electron chi connectivity index (χ1n) is 6.71. The molecule has 20 heavy (non-hydrogen) atoms. The molecule has 4 rings (SSSR count). The number of rotatable bonds is 2. The molecule has 100 valence electrons. The number of nitrogens with zero attached hydrogens (tertiary/aromatic N) is 4. The molecule has 4 nitrogen and oxygen atoms in total. The van der Waals surface area contributed by atoms with Crippen molar-refractivity contribution in [2.75, 3.05) is 12.3 Å². The first kappa shape index (κ1) is 11.9. The Morgan fingerprint density at radius 2 is 2.00 bits per heavy atom. The lowest BCUT2D eigenvalue weighted by Crippen LogP contribution is -2.27. The highest BCUT2D eigenvalue weighted by atomic mass is 32.2. The Morgan fingerprint density at radius 3 is 2.80 bits per heavy atom. The van der Waals surface area contributed by atoms with Crippen LogP contribution in [0.4, 0.5) is 0 Å². The summed E-state index contributed by atoms with van der Waals surface area (Å²) in [6.45, 7) is 1.06. The van der Waals surface area contributed by atoms with Crippen molar-refractivity contribution in [3.05, 3.63) is 60.2 Å². The molecule has 4 heterocycles. The fraction of sp³-hybridized carbons (Fsp3) is 0.267. The quantitative estimate of drug-likeness (QED) is 0.849. The first-order chi connectivity index (χ1) is 9.93. The van der Waals surface area contributed by atoms with Crippen molar-refractivity contribution in [3.8, 4) is 0 Å². The van der Waals surface area contributed by atoms with Crippen LogP contribution >= 0.6 is 11.8 Å². The van der Waals surface area contributed by atoms with Crippen LogP contribution < -0.4 is 0 Å². The van der Waals surface area contributed by atoms with Crippen LogP contribution in [-0.2, 0) is 0 Å². The average molecular weight is 282 g/mol. The fourth-order valence-electron chi connectivity index (χ4n) is 2.85. The van der Waals surface area contributed by atoms with E-state index in [9.17, 15) is 0 Å². The molecule has 0 N–H and O–H groups in total. The summed E-state index contributed by atoms with van der Waals surface area (Å²) in [6.07, 6.45) is 5.55. The molecule has 5 heteroatoms. The Kier molecular flexibility index (Phi) is 2.92.